The van der Waals surface area contributed by atoms with Gasteiger partial charge in [-0.3, -0.25) is 4.79 Å². The van der Waals surface area contributed by atoms with Crippen LogP contribution in [0.5, 0.6) is 0 Å². The fourth-order valence-corrected chi connectivity index (χ4v) is 2.68. The van der Waals surface area contributed by atoms with E-state index in [0.717, 1.165) is 16.7 Å². The Morgan fingerprint density at radius 1 is 1.38 bits per heavy atom. The summed E-state index contributed by atoms with van der Waals surface area (Å²) in [7, 11) is 1.78. The van der Waals surface area contributed by atoms with Crippen molar-refractivity contribution in [3.8, 4) is 0 Å². The third-order valence-electron chi connectivity index (χ3n) is 4.23. The van der Waals surface area contributed by atoms with Gasteiger partial charge < -0.3 is 19.8 Å². The molecule has 0 bridgehead atoms. The van der Waals surface area contributed by atoms with Crippen molar-refractivity contribution in [1.29, 1.82) is 0 Å². The van der Waals surface area contributed by atoms with Crippen molar-refractivity contribution in [3.05, 3.63) is 36.1 Å². The number of nitrogens with zero attached hydrogens (tertiary/aromatic N) is 1. The predicted molar refractivity (Wildman–Crippen MR) is 79.7 cm³/mol. The highest BCUT2D eigenvalue weighted by Crippen LogP contribution is 2.28. The Morgan fingerprint density at radius 2 is 2.14 bits per heavy atom. The number of amides is 1. The summed E-state index contributed by atoms with van der Waals surface area (Å²) >= 11 is 0. The van der Waals surface area contributed by atoms with E-state index in [4.69, 9.17) is 14.9 Å². The van der Waals surface area contributed by atoms with E-state index >= 15 is 0 Å². The van der Waals surface area contributed by atoms with Crippen LogP contribution in [0.1, 0.15) is 18.7 Å². The fourth-order valence-electron chi connectivity index (χ4n) is 2.68. The van der Waals surface area contributed by atoms with Crippen molar-refractivity contribution < 1.29 is 13.9 Å². The van der Waals surface area contributed by atoms with Gasteiger partial charge in [-0.1, -0.05) is 18.2 Å². The maximum atomic E-state index is 12.5. The second-order valence-corrected chi connectivity index (χ2v) is 5.62. The molecule has 0 spiro atoms. The molecule has 5 heteroatoms. The number of para-hydroxylation sites is 1. The zero-order valence-corrected chi connectivity index (χ0v) is 12.3. The second kappa shape index (κ2) is 5.50. The number of ether oxygens (including phenoxy) is 1. The van der Waals surface area contributed by atoms with Gasteiger partial charge in [-0.2, -0.15) is 0 Å². The van der Waals surface area contributed by atoms with Gasteiger partial charge in [0.25, 0.3) is 0 Å². The molecule has 1 aromatic heterocycles. The molecule has 0 saturated carbocycles. The molecule has 1 fully saturated rings. The molecule has 3 atom stereocenters. The number of benzene rings is 1. The van der Waals surface area contributed by atoms with Crippen LogP contribution in [0, 0.1) is 5.92 Å². The molecule has 0 radical (unpaired) electrons. The highest BCUT2D eigenvalue weighted by Gasteiger charge is 2.35. The summed E-state index contributed by atoms with van der Waals surface area (Å²) in [5, 5.41) is 1.04. The number of hydrogen-bond donors (Lipinski definition) is 1. The lowest BCUT2D eigenvalue weighted by atomic mass is 10.0. The molecule has 5 nitrogen and oxygen atoms in total. The predicted octanol–water partition coefficient (Wildman–Crippen LogP) is 1.93. The molecule has 3 unspecified atom stereocenters. The van der Waals surface area contributed by atoms with E-state index in [1.54, 1.807) is 11.9 Å². The second-order valence-electron chi connectivity index (χ2n) is 5.62. The lowest BCUT2D eigenvalue weighted by Gasteiger charge is -2.27. The normalized spacial score (nSPS) is 23.4. The van der Waals surface area contributed by atoms with Gasteiger partial charge in [0, 0.05) is 18.5 Å². The van der Waals surface area contributed by atoms with Crippen LogP contribution in [-0.2, 0) is 9.53 Å². The first-order valence-electron chi connectivity index (χ1n) is 7.16. The Hall–Kier alpha value is -1.85. The molecule has 1 aliphatic rings. The molecule has 1 aromatic carbocycles. The van der Waals surface area contributed by atoms with E-state index in [9.17, 15) is 4.79 Å². The Morgan fingerprint density at radius 3 is 2.81 bits per heavy atom. The molecule has 1 amide bonds. The SMILES string of the molecule is CC(c1cc2ccccc2o1)N(C)C(=O)C1COCC1N. The van der Waals surface area contributed by atoms with Gasteiger partial charge in [0.1, 0.15) is 11.3 Å². The van der Waals surface area contributed by atoms with E-state index in [1.807, 2.05) is 37.3 Å². The molecular weight excluding hydrogens is 268 g/mol. The zero-order chi connectivity index (χ0) is 15.0. The van der Waals surface area contributed by atoms with Crippen LogP contribution < -0.4 is 5.73 Å². The van der Waals surface area contributed by atoms with Gasteiger partial charge in [-0.15, -0.1) is 0 Å². The van der Waals surface area contributed by atoms with Crippen molar-refractivity contribution in [2.24, 2.45) is 11.7 Å². The van der Waals surface area contributed by atoms with Crippen LogP contribution in [-0.4, -0.2) is 37.1 Å². The molecule has 2 aromatic rings. The van der Waals surface area contributed by atoms with E-state index in [1.165, 1.54) is 0 Å². The summed E-state index contributed by atoms with van der Waals surface area (Å²) in [6.07, 6.45) is 0. The van der Waals surface area contributed by atoms with Crippen LogP contribution in [0.15, 0.2) is 34.7 Å². The average molecular weight is 288 g/mol. The van der Waals surface area contributed by atoms with Gasteiger partial charge in [0.05, 0.1) is 25.2 Å². The summed E-state index contributed by atoms with van der Waals surface area (Å²) in [6.45, 7) is 2.80. The number of nitrogens with two attached hydrogens (primary N) is 1. The first-order valence-corrected chi connectivity index (χ1v) is 7.16. The molecular formula is C16H20N2O3. The maximum Gasteiger partial charge on any atom is 0.230 e. The standard InChI is InChI=1S/C16H20N2O3/c1-10(15-7-11-5-3-4-6-14(11)21-15)18(2)16(19)12-8-20-9-13(12)17/h3-7,10,12-13H,8-9,17H2,1-2H3. The molecule has 0 aliphatic carbocycles. The quantitative estimate of drug-likeness (QED) is 0.937. The van der Waals surface area contributed by atoms with Crippen LogP contribution >= 0.6 is 0 Å². The highest BCUT2D eigenvalue weighted by molar-refractivity contribution is 5.81. The number of rotatable bonds is 3. The Bertz CT molecular complexity index is 619. The van der Waals surface area contributed by atoms with E-state index in [2.05, 4.69) is 0 Å². The Labute approximate surface area is 123 Å². The van der Waals surface area contributed by atoms with E-state index in [-0.39, 0.29) is 23.9 Å². The largest absolute Gasteiger partial charge is 0.459 e. The molecule has 1 saturated heterocycles. The molecule has 2 N–H and O–H groups in total. The smallest absolute Gasteiger partial charge is 0.230 e. The topological polar surface area (TPSA) is 68.7 Å². The van der Waals surface area contributed by atoms with Crippen molar-refractivity contribution in [2.45, 2.75) is 19.0 Å². The molecule has 2 heterocycles. The lowest BCUT2D eigenvalue weighted by molar-refractivity contribution is -0.136. The Kier molecular flexibility index (Phi) is 3.69. The van der Waals surface area contributed by atoms with Gasteiger partial charge in [0.2, 0.25) is 5.91 Å². The molecule has 112 valence electrons. The van der Waals surface area contributed by atoms with Crippen LogP contribution in [0.2, 0.25) is 0 Å². The minimum absolute atomic E-state index is 0.00737. The van der Waals surface area contributed by atoms with E-state index < -0.39 is 0 Å². The minimum Gasteiger partial charge on any atom is -0.459 e. The summed E-state index contributed by atoms with van der Waals surface area (Å²) in [6, 6.07) is 9.45. The maximum absolute atomic E-state index is 12.5. The third-order valence-corrected chi connectivity index (χ3v) is 4.23. The Balaban J connectivity index is 1.80. The van der Waals surface area contributed by atoms with Crippen molar-refractivity contribution in [1.82, 2.24) is 4.90 Å². The number of hydrogen-bond acceptors (Lipinski definition) is 4. The van der Waals surface area contributed by atoms with Gasteiger partial charge in [0.15, 0.2) is 0 Å². The monoisotopic (exact) mass is 288 g/mol. The van der Waals surface area contributed by atoms with Gasteiger partial charge in [-0.05, 0) is 19.1 Å². The number of carbonyl (C=O) groups excluding carboxylic acids is 1. The summed E-state index contributed by atoms with van der Waals surface area (Å²) in [5.41, 5.74) is 6.76. The van der Waals surface area contributed by atoms with Gasteiger partial charge >= 0.3 is 0 Å². The lowest BCUT2D eigenvalue weighted by Crippen LogP contribution is -2.42. The van der Waals surface area contributed by atoms with Crippen LogP contribution in [0.4, 0.5) is 0 Å². The minimum atomic E-state index is -0.262. The van der Waals surface area contributed by atoms with E-state index in [0.29, 0.717) is 13.2 Å². The first-order chi connectivity index (χ1) is 10.1. The summed E-state index contributed by atoms with van der Waals surface area (Å²) in [5.74, 6) is 0.523. The van der Waals surface area contributed by atoms with Crippen LogP contribution in [0.3, 0.4) is 0 Å². The molecule has 21 heavy (non-hydrogen) atoms. The number of furan rings is 1. The number of carbonyl (C=O) groups is 1. The molecule has 1 aliphatic heterocycles. The highest BCUT2D eigenvalue weighted by atomic mass is 16.5. The van der Waals surface area contributed by atoms with Crippen LogP contribution in [0.25, 0.3) is 11.0 Å². The first kappa shape index (κ1) is 14.1. The fraction of sp³-hybridized carbons (Fsp3) is 0.438. The average Bonchev–Trinajstić information content (AvgIpc) is 3.10. The van der Waals surface area contributed by atoms with Crippen molar-refractivity contribution >= 4 is 16.9 Å². The van der Waals surface area contributed by atoms with Gasteiger partial charge in [-0.25, -0.2) is 0 Å². The van der Waals surface area contributed by atoms with Crippen molar-refractivity contribution in [3.63, 3.8) is 0 Å². The summed E-state index contributed by atoms with van der Waals surface area (Å²) in [4.78, 5) is 14.2. The number of fused-ring (bicyclic) bond motifs is 1. The third kappa shape index (κ3) is 2.54. The zero-order valence-electron chi connectivity index (χ0n) is 12.3. The summed E-state index contributed by atoms with van der Waals surface area (Å²) < 4.78 is 11.1. The molecule has 3 rings (SSSR count). The van der Waals surface area contributed by atoms with Crippen molar-refractivity contribution in [2.75, 3.05) is 20.3 Å².